The minimum absolute atomic E-state index is 0.355. The number of ether oxygens (including phenoxy) is 1. The third-order valence-electron chi connectivity index (χ3n) is 5.25. The lowest BCUT2D eigenvalue weighted by molar-refractivity contribution is 0.109. The van der Waals surface area contributed by atoms with E-state index < -0.39 is 0 Å². The summed E-state index contributed by atoms with van der Waals surface area (Å²) in [6, 6.07) is 2.07. The molecule has 23 heavy (non-hydrogen) atoms. The molecular weight excluding hydrogens is 290 g/mol. The van der Waals surface area contributed by atoms with Crippen LogP contribution in [0.25, 0.3) is 0 Å². The third-order valence-corrected chi connectivity index (χ3v) is 5.25. The van der Waals surface area contributed by atoms with Gasteiger partial charge in [0.2, 0.25) is 0 Å². The average molecular weight is 319 g/mol. The van der Waals surface area contributed by atoms with Crippen LogP contribution in [0.4, 0.5) is 11.6 Å². The van der Waals surface area contributed by atoms with Crippen LogP contribution in [0.5, 0.6) is 0 Å². The average Bonchev–Trinajstić information content (AvgIpc) is 3.14. The predicted octanol–water partition coefficient (Wildman–Crippen LogP) is 1.34. The highest BCUT2D eigenvalue weighted by Gasteiger charge is 2.44. The largest absolute Gasteiger partial charge is 0.376 e. The van der Waals surface area contributed by atoms with Crippen molar-refractivity contribution in [1.29, 1.82) is 0 Å². The van der Waals surface area contributed by atoms with Crippen LogP contribution >= 0.6 is 0 Å². The summed E-state index contributed by atoms with van der Waals surface area (Å²) >= 11 is 0. The van der Waals surface area contributed by atoms with Crippen molar-refractivity contribution in [3.05, 3.63) is 12.4 Å². The molecule has 0 bridgehead atoms. The quantitative estimate of drug-likeness (QED) is 0.788. The van der Waals surface area contributed by atoms with Gasteiger partial charge in [-0.25, -0.2) is 9.97 Å². The van der Waals surface area contributed by atoms with E-state index >= 15 is 0 Å². The van der Waals surface area contributed by atoms with Gasteiger partial charge in [-0.05, 0) is 13.1 Å². The number of nitrogens with zero attached hydrogens (tertiary/aromatic N) is 5. The molecule has 3 heterocycles. The molecule has 0 N–H and O–H groups in total. The van der Waals surface area contributed by atoms with Gasteiger partial charge < -0.3 is 19.4 Å². The van der Waals surface area contributed by atoms with Crippen LogP contribution in [-0.2, 0) is 4.74 Å². The van der Waals surface area contributed by atoms with Crippen molar-refractivity contribution in [2.75, 3.05) is 63.2 Å². The van der Waals surface area contributed by atoms with Gasteiger partial charge in [-0.3, -0.25) is 0 Å². The molecule has 1 aromatic rings. The van der Waals surface area contributed by atoms with Crippen LogP contribution < -0.4 is 9.80 Å². The van der Waals surface area contributed by atoms with Gasteiger partial charge in [-0.15, -0.1) is 0 Å². The number of hydrogen-bond donors (Lipinski definition) is 0. The maximum Gasteiger partial charge on any atom is 0.134 e. The molecule has 0 unspecified atom stereocenters. The highest BCUT2D eigenvalue weighted by atomic mass is 16.5. The van der Waals surface area contributed by atoms with E-state index in [1.807, 2.05) is 19.0 Å². The molecule has 0 aliphatic carbocycles. The van der Waals surface area contributed by atoms with Crippen LogP contribution in [-0.4, -0.2) is 74.4 Å². The first-order valence-corrected chi connectivity index (χ1v) is 8.70. The summed E-state index contributed by atoms with van der Waals surface area (Å²) < 4.78 is 6.09. The van der Waals surface area contributed by atoms with Crippen molar-refractivity contribution in [2.24, 2.45) is 11.8 Å². The van der Waals surface area contributed by atoms with Crippen LogP contribution in [0.15, 0.2) is 12.4 Å². The Hall–Kier alpha value is -1.40. The molecule has 2 fully saturated rings. The molecule has 0 saturated carbocycles. The molecule has 2 aliphatic rings. The maximum absolute atomic E-state index is 6.09. The van der Waals surface area contributed by atoms with Gasteiger partial charge in [0.25, 0.3) is 0 Å². The minimum Gasteiger partial charge on any atom is -0.376 e. The smallest absolute Gasteiger partial charge is 0.134 e. The normalized spacial score (nSPS) is 26.8. The highest BCUT2D eigenvalue weighted by Crippen LogP contribution is 2.36. The van der Waals surface area contributed by atoms with Gasteiger partial charge in [-0.2, -0.15) is 0 Å². The molecule has 0 spiro atoms. The van der Waals surface area contributed by atoms with Gasteiger partial charge in [0.05, 0.1) is 12.7 Å². The molecule has 0 radical (unpaired) electrons. The molecule has 128 valence electrons. The molecule has 6 nitrogen and oxygen atoms in total. The van der Waals surface area contributed by atoms with Gasteiger partial charge >= 0.3 is 0 Å². The molecule has 2 aliphatic heterocycles. The zero-order valence-electron chi connectivity index (χ0n) is 14.8. The summed E-state index contributed by atoms with van der Waals surface area (Å²) in [7, 11) is 4.02. The molecule has 3 atom stereocenters. The Balaban J connectivity index is 1.67. The topological polar surface area (TPSA) is 44.7 Å². The Bertz CT molecular complexity index is 519. The van der Waals surface area contributed by atoms with Gasteiger partial charge in [0, 0.05) is 51.6 Å². The Morgan fingerprint density at radius 3 is 2.70 bits per heavy atom. The van der Waals surface area contributed by atoms with Crippen molar-refractivity contribution in [1.82, 2.24) is 14.9 Å². The lowest BCUT2D eigenvalue weighted by Crippen LogP contribution is -2.34. The summed E-state index contributed by atoms with van der Waals surface area (Å²) in [5.41, 5.74) is 0. The fourth-order valence-corrected chi connectivity index (χ4v) is 3.74. The van der Waals surface area contributed by atoms with Crippen molar-refractivity contribution in [2.45, 2.75) is 20.0 Å². The van der Waals surface area contributed by atoms with Crippen molar-refractivity contribution < 1.29 is 4.74 Å². The van der Waals surface area contributed by atoms with Crippen LogP contribution in [0.1, 0.15) is 13.8 Å². The fourth-order valence-electron chi connectivity index (χ4n) is 3.74. The molecule has 6 heteroatoms. The van der Waals surface area contributed by atoms with E-state index in [1.54, 1.807) is 6.33 Å². The zero-order valence-corrected chi connectivity index (χ0v) is 14.8. The first kappa shape index (κ1) is 16.5. The lowest BCUT2D eigenvalue weighted by Gasteiger charge is -2.26. The number of aromatic nitrogens is 2. The molecular formula is C17H29N5O. The fraction of sp³-hybridized carbons (Fsp3) is 0.765. The van der Waals surface area contributed by atoms with Crippen molar-refractivity contribution in [3.8, 4) is 0 Å². The van der Waals surface area contributed by atoms with E-state index in [2.05, 4.69) is 39.7 Å². The standard InChI is InChI=1S/C17H29N5O/c1-5-21(6-2)8-13-11-23-15-10-22(9-14(13)15)17-7-16(20(3)4)18-12-19-17/h7,12-15H,5-6,8-11H2,1-4H3/t13-,14+,15+/m0/s1. The van der Waals surface area contributed by atoms with Crippen molar-refractivity contribution in [3.63, 3.8) is 0 Å². The summed E-state index contributed by atoms with van der Waals surface area (Å²) in [5.74, 6) is 3.23. The molecule has 3 rings (SSSR count). The number of hydrogen-bond acceptors (Lipinski definition) is 6. The van der Waals surface area contributed by atoms with Gasteiger partial charge in [0.1, 0.15) is 18.0 Å². The molecule has 1 aromatic heterocycles. The maximum atomic E-state index is 6.09. The van der Waals surface area contributed by atoms with E-state index in [9.17, 15) is 0 Å². The predicted molar refractivity (Wildman–Crippen MR) is 93.1 cm³/mol. The molecule has 0 aromatic carbocycles. The SMILES string of the molecule is CCN(CC)C[C@H]1CO[C@@H]2CN(c3cc(N(C)C)ncn3)C[C@H]12. The Morgan fingerprint density at radius 1 is 1.22 bits per heavy atom. The highest BCUT2D eigenvalue weighted by molar-refractivity contribution is 5.50. The summed E-state index contributed by atoms with van der Waals surface area (Å²) in [6.07, 6.45) is 2.01. The van der Waals surface area contributed by atoms with Crippen LogP contribution in [0.3, 0.4) is 0 Å². The second kappa shape index (κ2) is 7.01. The Morgan fingerprint density at radius 2 is 2.00 bits per heavy atom. The van der Waals surface area contributed by atoms with E-state index in [0.29, 0.717) is 17.9 Å². The minimum atomic E-state index is 0.355. The lowest BCUT2D eigenvalue weighted by atomic mass is 9.92. The summed E-state index contributed by atoms with van der Waals surface area (Å²) in [6.45, 7) is 10.8. The first-order chi connectivity index (χ1) is 11.1. The summed E-state index contributed by atoms with van der Waals surface area (Å²) in [5, 5.41) is 0. The second-order valence-corrected chi connectivity index (χ2v) is 6.82. The Kier molecular flexibility index (Phi) is 5.02. The second-order valence-electron chi connectivity index (χ2n) is 6.82. The summed E-state index contributed by atoms with van der Waals surface area (Å²) in [4.78, 5) is 15.7. The molecule has 2 saturated heterocycles. The zero-order chi connectivity index (χ0) is 16.4. The van der Waals surface area contributed by atoms with Crippen molar-refractivity contribution >= 4 is 11.6 Å². The van der Waals surface area contributed by atoms with E-state index in [-0.39, 0.29) is 0 Å². The Labute approximate surface area is 139 Å². The molecule has 0 amide bonds. The van der Waals surface area contributed by atoms with E-state index in [0.717, 1.165) is 51.0 Å². The van der Waals surface area contributed by atoms with E-state index in [1.165, 1.54) is 0 Å². The van der Waals surface area contributed by atoms with E-state index in [4.69, 9.17) is 4.74 Å². The van der Waals surface area contributed by atoms with Gasteiger partial charge in [0.15, 0.2) is 0 Å². The third kappa shape index (κ3) is 3.43. The van der Waals surface area contributed by atoms with Crippen LogP contribution in [0, 0.1) is 11.8 Å². The number of anilines is 2. The number of rotatable bonds is 6. The van der Waals surface area contributed by atoms with Crippen LogP contribution in [0.2, 0.25) is 0 Å². The first-order valence-electron chi connectivity index (χ1n) is 8.70. The number of fused-ring (bicyclic) bond motifs is 1. The van der Waals surface area contributed by atoms with Gasteiger partial charge in [-0.1, -0.05) is 13.8 Å². The monoisotopic (exact) mass is 319 g/mol.